The van der Waals surface area contributed by atoms with E-state index in [2.05, 4.69) is 9.47 Å². The van der Waals surface area contributed by atoms with Crippen LogP contribution in [0.1, 0.15) is 13.3 Å². The third-order valence-electron chi connectivity index (χ3n) is 2.37. The smallest absolute Gasteiger partial charge is 0.385 e. The molecule has 0 heterocycles. The summed E-state index contributed by atoms with van der Waals surface area (Å²) in [4.78, 5) is 32.4. The molecule has 0 radical (unpaired) electrons. The van der Waals surface area contributed by atoms with Gasteiger partial charge in [-0.1, -0.05) is 0 Å². The summed E-state index contributed by atoms with van der Waals surface area (Å²) in [5.41, 5.74) is -1.91. The summed E-state index contributed by atoms with van der Waals surface area (Å²) in [6, 6.07) is 0. The standard InChI is InChI=1S/C8H11NO6/c1-3-15-7(11)8(9(12)13)4-5(8)6(10)14-2/h5H,3-4H2,1-2H3. The highest BCUT2D eigenvalue weighted by Crippen LogP contribution is 2.47. The molecule has 0 N–H and O–H groups in total. The molecule has 1 saturated carbocycles. The van der Waals surface area contributed by atoms with Gasteiger partial charge in [0, 0.05) is 4.92 Å². The largest absolute Gasteiger partial charge is 0.469 e. The number of methoxy groups -OCH3 is 1. The van der Waals surface area contributed by atoms with Crippen LogP contribution in [0.5, 0.6) is 0 Å². The van der Waals surface area contributed by atoms with Gasteiger partial charge in [-0.05, 0) is 6.92 Å². The Kier molecular flexibility index (Phi) is 2.92. The Morgan fingerprint density at radius 3 is 2.60 bits per heavy atom. The summed E-state index contributed by atoms with van der Waals surface area (Å²) in [5.74, 6) is -2.73. The number of nitro groups is 1. The highest BCUT2D eigenvalue weighted by atomic mass is 16.6. The second-order valence-corrected chi connectivity index (χ2v) is 3.18. The van der Waals surface area contributed by atoms with Crippen molar-refractivity contribution in [2.75, 3.05) is 13.7 Å². The summed E-state index contributed by atoms with van der Waals surface area (Å²) in [6.07, 6.45) is -0.147. The van der Waals surface area contributed by atoms with E-state index in [1.54, 1.807) is 6.92 Å². The predicted molar refractivity (Wildman–Crippen MR) is 46.5 cm³/mol. The lowest BCUT2D eigenvalue weighted by molar-refractivity contribution is -0.528. The van der Waals surface area contributed by atoms with Crippen molar-refractivity contribution < 1.29 is 24.0 Å². The normalized spacial score (nSPS) is 28.0. The number of rotatable bonds is 4. The topological polar surface area (TPSA) is 95.7 Å². The molecule has 2 unspecified atom stereocenters. The van der Waals surface area contributed by atoms with Gasteiger partial charge in [0.25, 0.3) is 0 Å². The number of nitrogens with zero attached hydrogens (tertiary/aromatic N) is 1. The number of carbonyl (C=O) groups is 2. The molecule has 1 fully saturated rings. The zero-order valence-corrected chi connectivity index (χ0v) is 8.39. The Labute approximate surface area is 85.5 Å². The van der Waals surface area contributed by atoms with Gasteiger partial charge in [-0.2, -0.15) is 0 Å². The summed E-state index contributed by atoms with van der Waals surface area (Å²) in [7, 11) is 1.12. The van der Waals surface area contributed by atoms with Crippen LogP contribution >= 0.6 is 0 Å². The summed E-state index contributed by atoms with van der Waals surface area (Å²) in [6.45, 7) is 1.59. The first-order valence-corrected chi connectivity index (χ1v) is 4.40. The van der Waals surface area contributed by atoms with Crippen molar-refractivity contribution in [1.29, 1.82) is 0 Å². The molecule has 2 atom stereocenters. The quantitative estimate of drug-likeness (QED) is 0.366. The molecule has 0 aromatic rings. The maximum Gasteiger partial charge on any atom is 0.385 e. The molecule has 0 aromatic carbocycles. The first-order chi connectivity index (χ1) is 7.00. The van der Waals surface area contributed by atoms with E-state index in [1.807, 2.05) is 0 Å². The summed E-state index contributed by atoms with van der Waals surface area (Å²) >= 11 is 0. The fraction of sp³-hybridized carbons (Fsp3) is 0.750. The van der Waals surface area contributed by atoms with Crippen LogP contribution in [-0.4, -0.2) is 36.1 Å². The average Bonchev–Trinajstić information content (AvgIpc) is 2.93. The molecule has 0 bridgehead atoms. The lowest BCUT2D eigenvalue weighted by atomic mass is 10.2. The van der Waals surface area contributed by atoms with Gasteiger partial charge in [-0.3, -0.25) is 14.9 Å². The molecule has 0 aliphatic heterocycles. The Bertz CT molecular complexity index is 314. The monoisotopic (exact) mass is 217 g/mol. The second kappa shape index (κ2) is 3.84. The van der Waals surface area contributed by atoms with E-state index in [0.29, 0.717) is 0 Å². The van der Waals surface area contributed by atoms with E-state index in [-0.39, 0.29) is 13.0 Å². The molecule has 1 aliphatic carbocycles. The van der Waals surface area contributed by atoms with Gasteiger partial charge in [-0.25, -0.2) is 4.79 Å². The van der Waals surface area contributed by atoms with Crippen LogP contribution in [-0.2, 0) is 19.1 Å². The average molecular weight is 217 g/mol. The van der Waals surface area contributed by atoms with Crippen LogP contribution in [0.2, 0.25) is 0 Å². The van der Waals surface area contributed by atoms with Crippen molar-refractivity contribution in [2.45, 2.75) is 18.9 Å². The molecule has 15 heavy (non-hydrogen) atoms. The lowest BCUT2D eigenvalue weighted by Gasteiger charge is -2.07. The van der Waals surface area contributed by atoms with Crippen molar-refractivity contribution >= 4 is 11.9 Å². The molecule has 0 spiro atoms. The van der Waals surface area contributed by atoms with Gasteiger partial charge in [-0.15, -0.1) is 0 Å². The molecule has 1 rings (SSSR count). The second-order valence-electron chi connectivity index (χ2n) is 3.18. The van der Waals surface area contributed by atoms with E-state index in [4.69, 9.17) is 0 Å². The van der Waals surface area contributed by atoms with Crippen LogP contribution < -0.4 is 0 Å². The van der Waals surface area contributed by atoms with Crippen LogP contribution in [0.25, 0.3) is 0 Å². The minimum absolute atomic E-state index is 0.0440. The minimum atomic E-state index is -1.91. The third-order valence-corrected chi connectivity index (χ3v) is 2.37. The molecule has 7 nitrogen and oxygen atoms in total. The van der Waals surface area contributed by atoms with Crippen molar-refractivity contribution in [3.8, 4) is 0 Å². The molecule has 7 heteroatoms. The van der Waals surface area contributed by atoms with Crippen molar-refractivity contribution in [1.82, 2.24) is 0 Å². The fourth-order valence-corrected chi connectivity index (χ4v) is 1.43. The van der Waals surface area contributed by atoms with Crippen molar-refractivity contribution in [3.63, 3.8) is 0 Å². The van der Waals surface area contributed by atoms with Gasteiger partial charge in [0.1, 0.15) is 5.92 Å². The van der Waals surface area contributed by atoms with Crippen molar-refractivity contribution in [3.05, 3.63) is 10.1 Å². The Hall–Kier alpha value is -1.66. The minimum Gasteiger partial charge on any atom is -0.469 e. The van der Waals surface area contributed by atoms with Gasteiger partial charge in [0.15, 0.2) is 0 Å². The number of esters is 2. The zero-order chi connectivity index (χ0) is 11.6. The molecular weight excluding hydrogens is 206 g/mol. The van der Waals surface area contributed by atoms with Crippen LogP contribution in [0.15, 0.2) is 0 Å². The molecular formula is C8H11NO6. The Morgan fingerprint density at radius 1 is 1.60 bits per heavy atom. The SMILES string of the molecule is CCOC(=O)C1([N+](=O)[O-])CC1C(=O)OC. The predicted octanol–water partition coefficient (Wildman–Crippen LogP) is -0.242. The van der Waals surface area contributed by atoms with Gasteiger partial charge < -0.3 is 9.47 Å². The van der Waals surface area contributed by atoms with Gasteiger partial charge in [0.05, 0.1) is 20.1 Å². The van der Waals surface area contributed by atoms with Crippen LogP contribution in [0.4, 0.5) is 0 Å². The maximum absolute atomic E-state index is 11.3. The Morgan fingerprint density at radius 2 is 2.20 bits per heavy atom. The van der Waals surface area contributed by atoms with E-state index < -0.39 is 28.3 Å². The number of hydrogen-bond acceptors (Lipinski definition) is 6. The molecule has 84 valence electrons. The first kappa shape index (κ1) is 11.4. The molecule has 0 saturated heterocycles. The number of ether oxygens (including phenoxy) is 2. The van der Waals surface area contributed by atoms with Crippen LogP contribution in [0.3, 0.4) is 0 Å². The van der Waals surface area contributed by atoms with Gasteiger partial charge in [0.2, 0.25) is 0 Å². The number of carbonyl (C=O) groups excluding carboxylic acids is 2. The summed E-state index contributed by atoms with van der Waals surface area (Å²) in [5, 5.41) is 10.7. The van der Waals surface area contributed by atoms with Crippen LogP contribution in [0, 0.1) is 16.0 Å². The highest BCUT2D eigenvalue weighted by molar-refractivity contribution is 5.93. The maximum atomic E-state index is 11.3. The van der Waals surface area contributed by atoms with E-state index in [9.17, 15) is 19.7 Å². The lowest BCUT2D eigenvalue weighted by Crippen LogP contribution is -2.37. The highest BCUT2D eigenvalue weighted by Gasteiger charge is 2.77. The van der Waals surface area contributed by atoms with E-state index in [1.165, 1.54) is 0 Å². The number of hydrogen-bond donors (Lipinski definition) is 0. The molecule has 0 aromatic heterocycles. The Balaban J connectivity index is 2.82. The van der Waals surface area contributed by atoms with E-state index >= 15 is 0 Å². The van der Waals surface area contributed by atoms with Gasteiger partial charge >= 0.3 is 17.5 Å². The van der Waals surface area contributed by atoms with Crippen molar-refractivity contribution in [2.24, 2.45) is 5.92 Å². The summed E-state index contributed by atoms with van der Waals surface area (Å²) < 4.78 is 8.92. The molecule has 0 amide bonds. The third kappa shape index (κ3) is 1.64. The zero-order valence-electron chi connectivity index (χ0n) is 8.39. The first-order valence-electron chi connectivity index (χ1n) is 4.40. The molecule has 1 aliphatic rings. The fourth-order valence-electron chi connectivity index (χ4n) is 1.43. The van der Waals surface area contributed by atoms with E-state index in [0.717, 1.165) is 7.11 Å².